The number of hydrogen-bond acceptors (Lipinski definition) is 10. The van der Waals surface area contributed by atoms with Crippen LogP contribution in [0.5, 0.6) is 5.75 Å². The Kier molecular flexibility index (Phi) is 19.3. The molecule has 5 aliphatic rings. The van der Waals surface area contributed by atoms with Crippen molar-refractivity contribution in [2.45, 2.75) is 68.3 Å². The van der Waals surface area contributed by atoms with E-state index in [1.807, 2.05) is 17.9 Å². The van der Waals surface area contributed by atoms with Gasteiger partial charge in [0.25, 0.3) is 0 Å². The van der Waals surface area contributed by atoms with Crippen LogP contribution in [0.2, 0.25) is 5.02 Å². The third-order valence-corrected chi connectivity index (χ3v) is 13.8. The van der Waals surface area contributed by atoms with Gasteiger partial charge in [-0.05, 0) is 103 Å². The van der Waals surface area contributed by atoms with Gasteiger partial charge in [-0.25, -0.2) is 18.4 Å². The number of anilines is 1. The number of fused-ring (bicyclic) bond motifs is 3. The smallest absolute Gasteiger partial charge is 0.335 e. The minimum atomic E-state index is -3.52. The van der Waals surface area contributed by atoms with Crippen molar-refractivity contribution in [3.8, 4) is 5.75 Å². The van der Waals surface area contributed by atoms with Crippen LogP contribution in [0.15, 0.2) is 61.7 Å². The van der Waals surface area contributed by atoms with Crippen molar-refractivity contribution in [3.63, 3.8) is 0 Å². The Bertz CT molecular complexity index is 1760. The van der Waals surface area contributed by atoms with Crippen LogP contribution in [0.25, 0.3) is 0 Å². The number of alkyl halides is 1. The van der Waals surface area contributed by atoms with Crippen molar-refractivity contribution in [2.24, 2.45) is 22.9 Å². The number of hydrogen-bond donors (Lipinski definition) is 4. The molecule has 2 aromatic rings. The number of nitrogens with one attached hydrogen (secondary N) is 1. The molecule has 6 atom stereocenters. The summed E-state index contributed by atoms with van der Waals surface area (Å²) in [6.07, 6.45) is 8.50. The molecule has 2 saturated heterocycles. The summed E-state index contributed by atoms with van der Waals surface area (Å²) in [7, 11) is -2.06. The van der Waals surface area contributed by atoms with E-state index in [2.05, 4.69) is 63.0 Å². The molecule has 324 valence electrons. The highest BCUT2D eigenvalue weighted by Crippen LogP contribution is 2.46. The molecule has 0 aromatic heterocycles. The number of aromatic carboxylic acids is 1. The summed E-state index contributed by atoms with van der Waals surface area (Å²) in [5, 5.41) is 28.5. The van der Waals surface area contributed by atoms with E-state index >= 15 is 0 Å². The summed E-state index contributed by atoms with van der Waals surface area (Å²) in [5.41, 5.74) is 3.44. The van der Waals surface area contributed by atoms with Gasteiger partial charge in [0.05, 0.1) is 49.8 Å². The van der Waals surface area contributed by atoms with Gasteiger partial charge in [-0.3, -0.25) is 4.90 Å². The number of aliphatic hydroxyl groups is 1. The fourth-order valence-electron chi connectivity index (χ4n) is 8.62. The van der Waals surface area contributed by atoms with Crippen LogP contribution < -0.4 is 20.1 Å². The number of nitrogens with zero attached hydrogens (tertiary/aromatic N) is 2. The van der Waals surface area contributed by atoms with Gasteiger partial charge < -0.3 is 34.6 Å². The summed E-state index contributed by atoms with van der Waals surface area (Å²) < 4.78 is 38.5. The van der Waals surface area contributed by atoms with Crippen LogP contribution in [0.1, 0.15) is 60.5 Å². The van der Waals surface area contributed by atoms with Crippen LogP contribution in [0.3, 0.4) is 0 Å². The van der Waals surface area contributed by atoms with Crippen LogP contribution in [0.4, 0.5) is 5.69 Å². The number of halogens is 2. The Morgan fingerprint density at radius 3 is 2.47 bits per heavy atom. The van der Waals surface area contributed by atoms with Gasteiger partial charge in [-0.1, -0.05) is 59.3 Å². The number of aliphatic hydroxyl groups excluding tert-OH is 1. The molecule has 58 heavy (non-hydrogen) atoms. The number of benzene rings is 2. The van der Waals surface area contributed by atoms with E-state index < -0.39 is 27.3 Å². The topological polar surface area (TPSA) is 164 Å². The van der Waals surface area contributed by atoms with Crippen LogP contribution in [0, 0.1) is 17.8 Å². The second-order valence-corrected chi connectivity index (χ2v) is 18.1. The highest BCUT2D eigenvalue weighted by Gasteiger charge is 2.44. The first kappa shape index (κ1) is 48.4. The summed E-state index contributed by atoms with van der Waals surface area (Å²) in [6, 6.07) is 12.0. The van der Waals surface area contributed by atoms with Crippen LogP contribution in [-0.4, -0.2) is 125 Å². The lowest BCUT2D eigenvalue weighted by atomic mass is 9.68. The second kappa shape index (κ2) is 23.1. The molecular formula is C43H64ClIN4O8S. The number of allylic oxidation sites excluding steroid dienone is 1. The van der Waals surface area contributed by atoms with Crippen LogP contribution in [-0.2, 0) is 31.3 Å². The molecule has 0 unspecified atom stereocenters. The van der Waals surface area contributed by atoms with Crippen molar-refractivity contribution >= 4 is 55.9 Å². The number of methoxy groups -OCH3 is 1. The normalized spacial score (nSPS) is 24.3. The summed E-state index contributed by atoms with van der Waals surface area (Å²) >= 11 is 8.46. The van der Waals surface area contributed by atoms with Crippen molar-refractivity contribution in [3.05, 3.63) is 83.4 Å². The van der Waals surface area contributed by atoms with Gasteiger partial charge in [-0.2, -0.15) is 0 Å². The Morgan fingerprint density at radius 1 is 1.17 bits per heavy atom. The molecule has 3 heterocycles. The highest BCUT2D eigenvalue weighted by atomic mass is 127. The maximum Gasteiger partial charge on any atom is 0.335 e. The molecule has 0 amide bonds. The molecule has 7 rings (SSSR count). The van der Waals surface area contributed by atoms with Gasteiger partial charge in [0, 0.05) is 56.8 Å². The first-order chi connectivity index (χ1) is 27.8. The summed E-state index contributed by atoms with van der Waals surface area (Å²) in [6.45, 7) is 17.9. The van der Waals surface area contributed by atoms with E-state index in [0.29, 0.717) is 18.9 Å². The van der Waals surface area contributed by atoms with Gasteiger partial charge >= 0.3 is 5.97 Å². The standard InChI is InChI=1S/C27H30ClNO4.C8H17NO3S.C7H14N2O.CH3I/c1-2-24(30)21-8-5-19(21)14-29-15-27(11-3-4-17-12-20(28)7-9-22(17)27)16-33-25-10-6-18(26(31)32)13-23(25)29;1-4-5-7(2)8(6-12-3)13(9,10)11;1-3-9(4-2-8-1)7-5-10-6-7;1-2/h2,6-7,9-10,12-13,19,21,24,30H,1,3-5,8,11,14-16H2,(H,31,32);4,7-8H,1,5-6H2,2-3H3,(H2,9,10,11);7-8H,1-6H2;1H3/t19-,21+,24-,27-;7-,8+;;/m00../s1. The van der Waals surface area contributed by atoms with Crippen molar-refractivity contribution in [1.29, 1.82) is 0 Å². The number of aryl methyl sites for hydroxylation is 1. The lowest BCUT2D eigenvalue weighted by Crippen LogP contribution is -2.55. The molecule has 2 aliphatic carbocycles. The monoisotopic (exact) mass is 958 g/mol. The van der Waals surface area contributed by atoms with E-state index in [-0.39, 0.29) is 29.4 Å². The number of sulfonamides is 1. The molecule has 12 nitrogen and oxygen atoms in total. The molecule has 0 radical (unpaired) electrons. The Morgan fingerprint density at radius 2 is 1.90 bits per heavy atom. The molecule has 3 aliphatic heterocycles. The maximum absolute atomic E-state index is 11.7. The van der Waals surface area contributed by atoms with Crippen molar-refractivity contribution < 1.29 is 37.6 Å². The number of carbonyl (C=O) groups is 1. The SMILES string of the molecule is C1CN(C2COC2)CCN1.C=CC[C@H](C)[C@@H](COC)S(N)(=O)=O.C=C[C@H](O)[C@@H]1CC[C@H]1CN1C[C@@]2(CCCc3cc(Cl)ccc32)COc2ccc(C(=O)O)cc21.CI. The average molecular weight is 959 g/mol. The molecule has 1 saturated carbocycles. The Labute approximate surface area is 364 Å². The van der Waals surface area contributed by atoms with E-state index in [1.165, 1.54) is 31.3 Å². The lowest BCUT2D eigenvalue weighted by Gasteiger charge is -2.45. The molecular weight excluding hydrogens is 895 g/mol. The molecule has 5 N–H and O–H groups in total. The fourth-order valence-corrected chi connectivity index (χ4v) is 9.90. The second-order valence-electron chi connectivity index (χ2n) is 15.9. The van der Waals surface area contributed by atoms with E-state index in [1.54, 1.807) is 30.4 Å². The number of piperazine rings is 1. The van der Waals surface area contributed by atoms with Gasteiger partial charge in [0.1, 0.15) is 11.0 Å². The minimum Gasteiger partial charge on any atom is -0.490 e. The van der Waals surface area contributed by atoms with E-state index in [4.69, 9.17) is 31.0 Å². The third-order valence-electron chi connectivity index (χ3n) is 12.1. The predicted octanol–water partition coefficient (Wildman–Crippen LogP) is 5.93. The quantitative estimate of drug-likeness (QED) is 0.113. The molecule has 2 aromatic carbocycles. The van der Waals surface area contributed by atoms with Gasteiger partial charge in [0.2, 0.25) is 10.0 Å². The zero-order chi connectivity index (χ0) is 42.5. The van der Waals surface area contributed by atoms with Gasteiger partial charge in [0.15, 0.2) is 0 Å². The first-order valence-electron chi connectivity index (χ1n) is 20.2. The largest absolute Gasteiger partial charge is 0.490 e. The van der Waals surface area contributed by atoms with Crippen LogP contribution >= 0.6 is 34.2 Å². The minimum absolute atomic E-state index is 0.0625. The molecule has 15 heteroatoms. The molecule has 3 fully saturated rings. The van der Waals surface area contributed by atoms with E-state index in [9.17, 15) is 23.4 Å². The number of nitrogens with two attached hydrogens (primary N) is 1. The number of primary sulfonamides is 1. The number of ether oxygens (including phenoxy) is 3. The Hall–Kier alpha value is -2.28. The van der Waals surface area contributed by atoms with Crippen molar-refractivity contribution in [1.82, 2.24) is 10.2 Å². The lowest BCUT2D eigenvalue weighted by molar-refractivity contribution is -0.0677. The maximum atomic E-state index is 11.7. The summed E-state index contributed by atoms with van der Waals surface area (Å²) in [5.74, 6) is 0.220. The first-order valence-corrected chi connectivity index (χ1v) is 24.3. The number of rotatable bonds is 12. The van der Waals surface area contributed by atoms with Crippen molar-refractivity contribution in [2.75, 3.05) is 82.6 Å². The fraction of sp³-hybridized carbons (Fsp3) is 0.605. The number of carboxylic acid groups (broad SMARTS) is 1. The zero-order valence-electron chi connectivity index (χ0n) is 34.3. The zero-order valence-corrected chi connectivity index (χ0v) is 38.0. The Balaban J connectivity index is 0.000000243. The molecule has 0 bridgehead atoms. The van der Waals surface area contributed by atoms with Gasteiger partial charge in [-0.15, -0.1) is 13.2 Å². The highest BCUT2D eigenvalue weighted by molar-refractivity contribution is 14.1. The number of carboxylic acids is 1. The predicted molar refractivity (Wildman–Crippen MR) is 241 cm³/mol. The summed E-state index contributed by atoms with van der Waals surface area (Å²) in [4.78, 5) is 18.5. The van der Waals surface area contributed by atoms with E-state index in [0.717, 1.165) is 94.0 Å². The molecule has 1 spiro atoms. The average Bonchev–Trinajstić information content (AvgIpc) is 3.32. The third kappa shape index (κ3) is 12.6.